The normalized spacial score (nSPS) is 18.8. The van der Waals surface area contributed by atoms with Crippen LogP contribution in [0, 0.1) is 0 Å². The van der Waals surface area contributed by atoms with E-state index in [1.807, 2.05) is 11.4 Å². The molecule has 0 radical (unpaired) electrons. The van der Waals surface area contributed by atoms with Crippen LogP contribution in [0.15, 0.2) is 11.4 Å². The number of nitrogens with two attached hydrogens (primary N) is 1. The highest BCUT2D eigenvalue weighted by Crippen LogP contribution is 2.32. The number of nitrogens with zero attached hydrogens (tertiary/aromatic N) is 3. The molecule has 2 aromatic heterocycles. The van der Waals surface area contributed by atoms with E-state index in [0.29, 0.717) is 5.95 Å². The predicted octanol–water partition coefficient (Wildman–Crippen LogP) is 1.08. The maximum absolute atomic E-state index is 12.1. The largest absolute Gasteiger partial charge is 0.357 e. The molecule has 1 aliphatic heterocycles. The van der Waals surface area contributed by atoms with Crippen molar-refractivity contribution in [1.29, 1.82) is 0 Å². The molecule has 1 atom stereocenters. The van der Waals surface area contributed by atoms with Crippen molar-refractivity contribution in [1.82, 2.24) is 15.3 Å². The van der Waals surface area contributed by atoms with E-state index >= 15 is 0 Å². The van der Waals surface area contributed by atoms with Crippen LogP contribution in [0.3, 0.4) is 0 Å². The highest BCUT2D eigenvalue weighted by Gasteiger charge is 2.30. The molecule has 0 bridgehead atoms. The third-order valence-corrected chi connectivity index (χ3v) is 4.56. The number of fused-ring (bicyclic) bond motifs is 1. The van der Waals surface area contributed by atoms with Gasteiger partial charge < -0.3 is 10.2 Å². The summed E-state index contributed by atoms with van der Waals surface area (Å²) in [6.07, 6.45) is 2.93. The molecular formula is C13H18N6OS. The summed E-state index contributed by atoms with van der Waals surface area (Å²) in [4.78, 5) is 23.9. The summed E-state index contributed by atoms with van der Waals surface area (Å²) in [5.41, 5.74) is 2.50. The van der Waals surface area contributed by atoms with Crippen molar-refractivity contribution in [2.45, 2.75) is 25.3 Å². The highest BCUT2D eigenvalue weighted by molar-refractivity contribution is 7.16. The molecule has 4 N–H and O–H groups in total. The van der Waals surface area contributed by atoms with Gasteiger partial charge in [0.1, 0.15) is 16.7 Å². The van der Waals surface area contributed by atoms with Crippen molar-refractivity contribution >= 4 is 39.2 Å². The molecule has 1 aliphatic rings. The molecule has 1 amide bonds. The smallest absolute Gasteiger partial charge is 0.242 e. The fourth-order valence-electron chi connectivity index (χ4n) is 2.75. The van der Waals surface area contributed by atoms with E-state index in [1.54, 1.807) is 7.05 Å². The SMILES string of the molecule is CNC(=O)C1CCCCN1c1nc(NN)nc2sccc12. The van der Waals surface area contributed by atoms with Gasteiger partial charge in [0.05, 0.1) is 5.39 Å². The van der Waals surface area contributed by atoms with Gasteiger partial charge in [-0.25, -0.2) is 10.8 Å². The Labute approximate surface area is 126 Å². The number of thiophene rings is 1. The maximum atomic E-state index is 12.1. The zero-order chi connectivity index (χ0) is 14.8. The van der Waals surface area contributed by atoms with Gasteiger partial charge in [0.15, 0.2) is 0 Å². The van der Waals surface area contributed by atoms with Crippen molar-refractivity contribution < 1.29 is 4.79 Å². The van der Waals surface area contributed by atoms with Gasteiger partial charge in [0.2, 0.25) is 11.9 Å². The summed E-state index contributed by atoms with van der Waals surface area (Å²) in [5.74, 6) is 6.64. The first-order valence-corrected chi connectivity index (χ1v) is 7.82. The lowest BCUT2D eigenvalue weighted by Crippen LogP contribution is -2.49. The third kappa shape index (κ3) is 2.52. The first kappa shape index (κ1) is 14.0. The minimum Gasteiger partial charge on any atom is -0.357 e. The number of amides is 1. The van der Waals surface area contributed by atoms with Crippen LogP contribution in [0.2, 0.25) is 0 Å². The topological polar surface area (TPSA) is 96.2 Å². The Hall–Kier alpha value is -1.93. The first-order chi connectivity index (χ1) is 10.2. The number of likely N-dealkylation sites (N-methyl/N-ethyl adjacent to an activating group) is 1. The number of hydrazine groups is 1. The van der Waals surface area contributed by atoms with Gasteiger partial charge in [-0.3, -0.25) is 10.2 Å². The Morgan fingerprint density at radius 3 is 3.10 bits per heavy atom. The van der Waals surface area contributed by atoms with E-state index in [-0.39, 0.29) is 11.9 Å². The second-order valence-electron chi connectivity index (χ2n) is 4.97. The second kappa shape index (κ2) is 5.82. The molecule has 0 saturated carbocycles. The van der Waals surface area contributed by atoms with Gasteiger partial charge in [0.25, 0.3) is 0 Å². The molecule has 0 spiro atoms. The number of nitrogens with one attached hydrogen (secondary N) is 2. The summed E-state index contributed by atoms with van der Waals surface area (Å²) in [6, 6.07) is 1.80. The van der Waals surface area contributed by atoms with Crippen LogP contribution in [0.1, 0.15) is 19.3 Å². The zero-order valence-corrected chi connectivity index (χ0v) is 12.6. The van der Waals surface area contributed by atoms with Crippen LogP contribution in [0.4, 0.5) is 11.8 Å². The Morgan fingerprint density at radius 1 is 1.48 bits per heavy atom. The summed E-state index contributed by atoms with van der Waals surface area (Å²) in [6.45, 7) is 0.810. The fourth-order valence-corrected chi connectivity index (χ4v) is 3.51. The minimum absolute atomic E-state index is 0.0268. The third-order valence-electron chi connectivity index (χ3n) is 3.76. The molecule has 2 aromatic rings. The van der Waals surface area contributed by atoms with Gasteiger partial charge in [-0.2, -0.15) is 4.98 Å². The average Bonchev–Trinajstić information content (AvgIpc) is 3.01. The van der Waals surface area contributed by atoms with Crippen molar-refractivity contribution in [3.05, 3.63) is 11.4 Å². The van der Waals surface area contributed by atoms with Crippen LogP contribution in [-0.4, -0.2) is 35.5 Å². The number of nitrogen functional groups attached to an aromatic ring is 1. The molecule has 1 fully saturated rings. The van der Waals surface area contributed by atoms with E-state index < -0.39 is 0 Å². The lowest BCUT2D eigenvalue weighted by Gasteiger charge is -2.35. The van der Waals surface area contributed by atoms with Gasteiger partial charge in [-0.15, -0.1) is 11.3 Å². The molecule has 1 saturated heterocycles. The zero-order valence-electron chi connectivity index (χ0n) is 11.8. The monoisotopic (exact) mass is 306 g/mol. The summed E-state index contributed by atoms with van der Waals surface area (Å²) in [7, 11) is 1.67. The van der Waals surface area contributed by atoms with Crippen molar-refractivity contribution in [2.24, 2.45) is 5.84 Å². The fraction of sp³-hybridized carbons (Fsp3) is 0.462. The van der Waals surface area contributed by atoms with E-state index in [1.165, 1.54) is 11.3 Å². The number of rotatable bonds is 3. The summed E-state index contributed by atoms with van der Waals surface area (Å²) >= 11 is 1.54. The molecule has 1 unspecified atom stereocenters. The maximum Gasteiger partial charge on any atom is 0.242 e. The number of carbonyl (C=O) groups is 1. The minimum atomic E-state index is -0.188. The molecule has 0 aliphatic carbocycles. The van der Waals surface area contributed by atoms with E-state index in [0.717, 1.165) is 41.8 Å². The lowest BCUT2D eigenvalue weighted by molar-refractivity contribution is -0.122. The van der Waals surface area contributed by atoms with Gasteiger partial charge >= 0.3 is 0 Å². The molecular weight excluding hydrogens is 288 g/mol. The number of anilines is 2. The molecule has 7 nitrogen and oxygen atoms in total. The summed E-state index contributed by atoms with van der Waals surface area (Å²) < 4.78 is 0. The number of carbonyl (C=O) groups excluding carboxylic acids is 1. The van der Waals surface area contributed by atoms with Crippen molar-refractivity contribution in [3.63, 3.8) is 0 Å². The quantitative estimate of drug-likeness (QED) is 0.580. The van der Waals surface area contributed by atoms with E-state index in [4.69, 9.17) is 5.84 Å². The number of piperidine rings is 1. The number of hydrogen-bond acceptors (Lipinski definition) is 7. The Balaban J connectivity index is 2.08. The molecule has 0 aromatic carbocycles. The molecule has 21 heavy (non-hydrogen) atoms. The van der Waals surface area contributed by atoms with Crippen molar-refractivity contribution in [2.75, 3.05) is 23.9 Å². The van der Waals surface area contributed by atoms with Gasteiger partial charge in [-0.1, -0.05) is 0 Å². The van der Waals surface area contributed by atoms with Crippen LogP contribution < -0.4 is 21.5 Å². The average molecular weight is 306 g/mol. The predicted molar refractivity (Wildman–Crippen MR) is 84.3 cm³/mol. The van der Waals surface area contributed by atoms with E-state index in [9.17, 15) is 4.79 Å². The number of aromatic nitrogens is 2. The standard InChI is InChI=1S/C13H18N6OS/c1-15-11(20)9-4-2-3-6-19(9)10-8-5-7-21-12(8)17-13(16-10)18-14/h5,7,9H,2-4,6,14H2,1H3,(H,15,20)(H,16,17,18). The molecule has 112 valence electrons. The Morgan fingerprint density at radius 2 is 2.33 bits per heavy atom. The van der Waals surface area contributed by atoms with Gasteiger partial charge in [0, 0.05) is 13.6 Å². The van der Waals surface area contributed by atoms with Crippen LogP contribution in [0.5, 0.6) is 0 Å². The lowest BCUT2D eigenvalue weighted by atomic mass is 10.0. The van der Waals surface area contributed by atoms with Crippen LogP contribution >= 0.6 is 11.3 Å². The molecule has 3 rings (SSSR count). The second-order valence-corrected chi connectivity index (χ2v) is 5.87. The molecule has 3 heterocycles. The Kier molecular flexibility index (Phi) is 3.89. The summed E-state index contributed by atoms with van der Waals surface area (Å²) in [5, 5.41) is 5.68. The van der Waals surface area contributed by atoms with Crippen molar-refractivity contribution in [3.8, 4) is 0 Å². The molecule has 8 heteroatoms. The van der Waals surface area contributed by atoms with E-state index in [2.05, 4.69) is 25.6 Å². The van der Waals surface area contributed by atoms with Gasteiger partial charge in [-0.05, 0) is 30.7 Å². The van der Waals surface area contributed by atoms with Crippen LogP contribution in [0.25, 0.3) is 10.2 Å². The first-order valence-electron chi connectivity index (χ1n) is 6.94. The highest BCUT2D eigenvalue weighted by atomic mass is 32.1. The number of hydrogen-bond donors (Lipinski definition) is 3. The Bertz CT molecular complexity index is 657. The van der Waals surface area contributed by atoms with Crippen LogP contribution in [-0.2, 0) is 4.79 Å².